The highest BCUT2D eigenvalue weighted by molar-refractivity contribution is 5.50. The monoisotopic (exact) mass is 262 g/mol. The molecule has 0 spiro atoms. The van der Waals surface area contributed by atoms with Crippen LogP contribution < -0.4 is 10.6 Å². The fourth-order valence-corrected chi connectivity index (χ4v) is 2.84. The number of hydrogen-bond donors (Lipinski definition) is 1. The summed E-state index contributed by atoms with van der Waals surface area (Å²) in [7, 11) is 0. The normalized spacial score (nSPS) is 20.1. The van der Waals surface area contributed by atoms with Gasteiger partial charge in [-0.25, -0.2) is 9.97 Å². The first-order valence-corrected chi connectivity index (χ1v) is 7.49. The van der Waals surface area contributed by atoms with E-state index in [1.165, 1.54) is 25.7 Å². The van der Waals surface area contributed by atoms with Crippen LogP contribution in [-0.4, -0.2) is 22.6 Å². The molecule has 0 aliphatic carbocycles. The van der Waals surface area contributed by atoms with E-state index in [1.54, 1.807) is 0 Å². The lowest BCUT2D eigenvalue weighted by atomic mass is 9.99. The Morgan fingerprint density at radius 2 is 2.21 bits per heavy atom. The maximum atomic E-state index is 5.90. The largest absolute Gasteiger partial charge is 0.366 e. The Labute approximate surface area is 116 Å². The van der Waals surface area contributed by atoms with Crippen molar-refractivity contribution in [2.75, 3.05) is 11.4 Å². The summed E-state index contributed by atoms with van der Waals surface area (Å²) < 4.78 is 0. The summed E-state index contributed by atoms with van der Waals surface area (Å²) in [5.41, 5.74) is 8.05. The highest BCUT2D eigenvalue weighted by Crippen LogP contribution is 2.28. The van der Waals surface area contributed by atoms with E-state index < -0.39 is 0 Å². The number of rotatable bonds is 4. The smallest absolute Gasteiger partial charge is 0.131 e. The van der Waals surface area contributed by atoms with E-state index in [2.05, 4.69) is 35.6 Å². The third-order valence-corrected chi connectivity index (χ3v) is 3.98. The van der Waals surface area contributed by atoms with Gasteiger partial charge in [-0.1, -0.05) is 20.8 Å². The van der Waals surface area contributed by atoms with Crippen LogP contribution in [0.25, 0.3) is 0 Å². The van der Waals surface area contributed by atoms with Gasteiger partial charge in [-0.2, -0.15) is 0 Å². The van der Waals surface area contributed by atoms with Crippen molar-refractivity contribution in [2.24, 2.45) is 5.73 Å². The molecule has 0 saturated carbocycles. The molecule has 1 aliphatic heterocycles. The van der Waals surface area contributed by atoms with Gasteiger partial charge in [0, 0.05) is 25.0 Å². The summed E-state index contributed by atoms with van der Waals surface area (Å²) in [5.74, 6) is 1.25. The van der Waals surface area contributed by atoms with Gasteiger partial charge in [0.2, 0.25) is 0 Å². The molecule has 1 fully saturated rings. The molecule has 106 valence electrons. The van der Waals surface area contributed by atoms with Crippen LogP contribution in [0.4, 0.5) is 5.69 Å². The predicted molar refractivity (Wildman–Crippen MR) is 79.3 cm³/mol. The molecule has 1 atom stereocenters. The summed E-state index contributed by atoms with van der Waals surface area (Å²) in [6.45, 7) is 8.09. The molecule has 19 heavy (non-hydrogen) atoms. The second kappa shape index (κ2) is 6.33. The molecule has 1 aromatic rings. The Morgan fingerprint density at radius 1 is 1.42 bits per heavy atom. The average molecular weight is 262 g/mol. The third-order valence-electron chi connectivity index (χ3n) is 3.98. The fraction of sp³-hybridized carbons (Fsp3) is 0.733. The molecule has 1 saturated heterocycles. The van der Waals surface area contributed by atoms with Gasteiger partial charge >= 0.3 is 0 Å². The van der Waals surface area contributed by atoms with Crippen molar-refractivity contribution in [2.45, 2.75) is 65.0 Å². The van der Waals surface area contributed by atoms with Gasteiger partial charge in [-0.05, 0) is 25.7 Å². The molecule has 1 aromatic heterocycles. The van der Waals surface area contributed by atoms with Gasteiger partial charge in [0.15, 0.2) is 0 Å². The van der Waals surface area contributed by atoms with E-state index >= 15 is 0 Å². The molecule has 0 aromatic carbocycles. The zero-order chi connectivity index (χ0) is 13.8. The maximum absolute atomic E-state index is 5.90. The molecule has 1 unspecified atom stereocenters. The Kier molecular flexibility index (Phi) is 4.75. The first kappa shape index (κ1) is 14.3. The highest BCUT2D eigenvalue weighted by Gasteiger charge is 2.24. The second-order valence-corrected chi connectivity index (χ2v) is 5.67. The summed E-state index contributed by atoms with van der Waals surface area (Å²) in [6, 6.07) is 0.618. The van der Waals surface area contributed by atoms with Crippen molar-refractivity contribution in [1.82, 2.24) is 9.97 Å². The van der Waals surface area contributed by atoms with Crippen molar-refractivity contribution in [3.63, 3.8) is 0 Å². The van der Waals surface area contributed by atoms with Crippen molar-refractivity contribution >= 4 is 5.69 Å². The SMILES string of the molecule is CCC1CCCCN1c1cnc(C(C)C)nc1CN. The Balaban J connectivity index is 2.32. The Morgan fingerprint density at radius 3 is 2.84 bits per heavy atom. The van der Waals surface area contributed by atoms with Gasteiger partial charge in [0.25, 0.3) is 0 Å². The molecule has 0 amide bonds. The maximum Gasteiger partial charge on any atom is 0.131 e. The van der Waals surface area contributed by atoms with E-state index in [9.17, 15) is 0 Å². The molecule has 0 radical (unpaired) electrons. The van der Waals surface area contributed by atoms with Crippen LogP contribution in [0.5, 0.6) is 0 Å². The third kappa shape index (κ3) is 3.06. The van der Waals surface area contributed by atoms with E-state index in [0.717, 1.165) is 23.8 Å². The Hall–Kier alpha value is -1.16. The van der Waals surface area contributed by atoms with Crippen LogP contribution in [-0.2, 0) is 6.54 Å². The topological polar surface area (TPSA) is 55.0 Å². The first-order valence-electron chi connectivity index (χ1n) is 7.49. The second-order valence-electron chi connectivity index (χ2n) is 5.67. The van der Waals surface area contributed by atoms with E-state index in [-0.39, 0.29) is 0 Å². The molecule has 4 nitrogen and oxygen atoms in total. The zero-order valence-electron chi connectivity index (χ0n) is 12.4. The number of nitrogens with zero attached hydrogens (tertiary/aromatic N) is 3. The van der Waals surface area contributed by atoms with Crippen LogP contribution in [0, 0.1) is 0 Å². The van der Waals surface area contributed by atoms with Crippen LogP contribution in [0.1, 0.15) is 63.9 Å². The summed E-state index contributed by atoms with van der Waals surface area (Å²) in [6.07, 6.45) is 7.02. The lowest BCUT2D eigenvalue weighted by Gasteiger charge is -2.37. The zero-order valence-corrected chi connectivity index (χ0v) is 12.4. The van der Waals surface area contributed by atoms with Crippen molar-refractivity contribution < 1.29 is 0 Å². The lowest BCUT2D eigenvalue weighted by molar-refractivity contribution is 0.447. The van der Waals surface area contributed by atoms with Gasteiger partial charge in [-0.15, -0.1) is 0 Å². The molecule has 2 N–H and O–H groups in total. The van der Waals surface area contributed by atoms with E-state index in [0.29, 0.717) is 18.5 Å². The molecule has 2 rings (SSSR count). The number of aromatic nitrogens is 2. The highest BCUT2D eigenvalue weighted by atomic mass is 15.2. The molecule has 1 aliphatic rings. The predicted octanol–water partition coefficient (Wildman–Crippen LogP) is 2.83. The molecule has 2 heterocycles. The molecule has 0 bridgehead atoms. The number of hydrogen-bond acceptors (Lipinski definition) is 4. The van der Waals surface area contributed by atoms with Crippen molar-refractivity contribution in [3.05, 3.63) is 17.7 Å². The van der Waals surface area contributed by atoms with E-state index in [4.69, 9.17) is 5.73 Å². The van der Waals surface area contributed by atoms with Crippen LogP contribution in [0.15, 0.2) is 6.20 Å². The lowest BCUT2D eigenvalue weighted by Crippen LogP contribution is -2.40. The van der Waals surface area contributed by atoms with Gasteiger partial charge in [-0.3, -0.25) is 0 Å². The minimum Gasteiger partial charge on any atom is -0.366 e. The number of anilines is 1. The summed E-state index contributed by atoms with van der Waals surface area (Å²) in [5, 5.41) is 0. The van der Waals surface area contributed by atoms with Crippen molar-refractivity contribution in [3.8, 4) is 0 Å². The molecular weight excluding hydrogens is 236 g/mol. The fourth-order valence-electron chi connectivity index (χ4n) is 2.84. The average Bonchev–Trinajstić information content (AvgIpc) is 2.46. The van der Waals surface area contributed by atoms with E-state index in [1.807, 2.05) is 6.20 Å². The van der Waals surface area contributed by atoms with Crippen LogP contribution >= 0.6 is 0 Å². The minimum atomic E-state index is 0.350. The number of piperidine rings is 1. The quantitative estimate of drug-likeness (QED) is 0.906. The van der Waals surface area contributed by atoms with Crippen LogP contribution in [0.3, 0.4) is 0 Å². The van der Waals surface area contributed by atoms with Gasteiger partial charge in [0.05, 0.1) is 17.6 Å². The standard InChI is InChI=1S/C15H26N4/c1-4-12-7-5-6-8-19(12)14-10-17-15(11(2)3)18-13(14)9-16/h10-12H,4-9,16H2,1-3H3. The minimum absolute atomic E-state index is 0.350. The van der Waals surface area contributed by atoms with Gasteiger partial charge in [0.1, 0.15) is 5.82 Å². The summed E-state index contributed by atoms with van der Waals surface area (Å²) >= 11 is 0. The molecule has 4 heteroatoms. The number of nitrogens with two attached hydrogens (primary N) is 1. The Bertz CT molecular complexity index is 417. The van der Waals surface area contributed by atoms with Crippen molar-refractivity contribution in [1.29, 1.82) is 0 Å². The first-order chi connectivity index (χ1) is 9.17. The molecular formula is C15H26N4. The summed E-state index contributed by atoms with van der Waals surface area (Å²) in [4.78, 5) is 11.6. The van der Waals surface area contributed by atoms with Gasteiger partial charge < -0.3 is 10.6 Å². The van der Waals surface area contributed by atoms with Crippen LogP contribution in [0.2, 0.25) is 0 Å².